The number of carbonyl (C=O) groups is 1. The van der Waals surface area contributed by atoms with E-state index in [4.69, 9.17) is 23.2 Å². The molecule has 0 unspecified atom stereocenters. The third-order valence-corrected chi connectivity index (χ3v) is 4.81. The molecule has 4 rings (SSSR count). The molecule has 5 nitrogen and oxygen atoms in total. The normalized spacial score (nSPS) is 13.7. The lowest BCUT2D eigenvalue weighted by molar-refractivity contribution is 0.0852. The number of fused-ring (bicyclic) bond motifs is 1. The van der Waals surface area contributed by atoms with Crippen LogP contribution < -0.4 is 5.32 Å². The average molecular weight is 403 g/mol. The topological polar surface area (TPSA) is 57.6 Å². The fourth-order valence-electron chi connectivity index (χ4n) is 2.85. The van der Waals surface area contributed by atoms with Crippen LogP contribution in [0.15, 0.2) is 53.5 Å². The van der Waals surface area contributed by atoms with Crippen LogP contribution in [-0.4, -0.2) is 34.8 Å². The zero-order chi connectivity index (χ0) is 19.0. The molecule has 0 saturated carbocycles. The molecule has 0 radical (unpaired) electrons. The molecular formula is C19H13Cl2FN4O. The summed E-state index contributed by atoms with van der Waals surface area (Å²) >= 11 is 12.4. The van der Waals surface area contributed by atoms with Crippen molar-refractivity contribution < 1.29 is 9.18 Å². The maximum Gasteiger partial charge on any atom is 0.279 e. The molecule has 0 fully saturated rings. The highest BCUT2D eigenvalue weighted by atomic mass is 35.5. The number of para-hydroxylation sites is 2. The first-order chi connectivity index (χ1) is 13.0. The van der Waals surface area contributed by atoms with E-state index in [2.05, 4.69) is 15.3 Å². The van der Waals surface area contributed by atoms with E-state index in [0.29, 0.717) is 40.2 Å². The molecule has 27 heavy (non-hydrogen) atoms. The van der Waals surface area contributed by atoms with Crippen LogP contribution in [-0.2, 0) is 0 Å². The van der Waals surface area contributed by atoms with Gasteiger partial charge in [-0.3, -0.25) is 14.7 Å². The zero-order valence-electron chi connectivity index (χ0n) is 13.9. The highest BCUT2D eigenvalue weighted by Crippen LogP contribution is 2.30. The summed E-state index contributed by atoms with van der Waals surface area (Å²) in [6.07, 6.45) is 0. The first kappa shape index (κ1) is 17.7. The number of pyridine rings is 1. The van der Waals surface area contributed by atoms with Crippen molar-refractivity contribution in [3.8, 4) is 0 Å². The molecule has 1 aliphatic rings. The Bertz CT molecular complexity index is 1070. The fraction of sp³-hybridized carbons (Fsp3) is 0.105. The van der Waals surface area contributed by atoms with Crippen molar-refractivity contribution in [2.45, 2.75) is 0 Å². The molecule has 3 aromatic rings. The summed E-state index contributed by atoms with van der Waals surface area (Å²) in [6.45, 7) is 0.804. The molecule has 0 bridgehead atoms. The molecule has 2 aromatic carbocycles. The van der Waals surface area contributed by atoms with Crippen LogP contribution in [0.25, 0.3) is 10.9 Å². The van der Waals surface area contributed by atoms with Crippen molar-refractivity contribution in [1.82, 2.24) is 9.88 Å². The summed E-state index contributed by atoms with van der Waals surface area (Å²) < 4.78 is 14.0. The Balaban J connectivity index is 1.64. The Labute approximate surface area is 164 Å². The van der Waals surface area contributed by atoms with E-state index in [0.717, 1.165) is 0 Å². The Kier molecular flexibility index (Phi) is 4.68. The van der Waals surface area contributed by atoms with Crippen molar-refractivity contribution in [3.63, 3.8) is 0 Å². The highest BCUT2D eigenvalue weighted by molar-refractivity contribution is 6.40. The van der Waals surface area contributed by atoms with E-state index in [-0.39, 0.29) is 17.1 Å². The number of rotatable bonds is 2. The maximum absolute atomic E-state index is 14.0. The van der Waals surface area contributed by atoms with E-state index < -0.39 is 5.82 Å². The van der Waals surface area contributed by atoms with E-state index in [1.54, 1.807) is 42.5 Å². The number of aliphatic imine (C=N–C) groups is 1. The molecule has 136 valence electrons. The van der Waals surface area contributed by atoms with E-state index >= 15 is 0 Å². The maximum atomic E-state index is 14.0. The number of aromatic nitrogens is 1. The number of anilines is 1. The van der Waals surface area contributed by atoms with Gasteiger partial charge in [-0.2, -0.15) is 0 Å². The SMILES string of the molecule is O=C(c1ccc2cccc(F)c2n1)N1CCN=C1Nc1c(Cl)cccc1Cl. The largest absolute Gasteiger partial charge is 0.323 e. The van der Waals surface area contributed by atoms with Crippen molar-refractivity contribution in [3.05, 3.63) is 70.1 Å². The number of hydrogen-bond acceptors (Lipinski definition) is 4. The highest BCUT2D eigenvalue weighted by Gasteiger charge is 2.27. The lowest BCUT2D eigenvalue weighted by Gasteiger charge is -2.20. The van der Waals surface area contributed by atoms with Crippen LogP contribution in [0, 0.1) is 5.82 Å². The molecule has 0 aliphatic carbocycles. The van der Waals surface area contributed by atoms with Crippen LogP contribution in [0.2, 0.25) is 10.0 Å². The van der Waals surface area contributed by atoms with Crippen LogP contribution in [0.5, 0.6) is 0 Å². The van der Waals surface area contributed by atoms with Gasteiger partial charge in [-0.1, -0.05) is 47.5 Å². The Hall–Kier alpha value is -2.70. The lowest BCUT2D eigenvalue weighted by atomic mass is 10.2. The minimum atomic E-state index is -0.474. The number of hydrogen-bond donors (Lipinski definition) is 1. The van der Waals surface area contributed by atoms with E-state index in [1.807, 2.05) is 0 Å². The van der Waals surface area contributed by atoms with E-state index in [1.165, 1.54) is 11.0 Å². The van der Waals surface area contributed by atoms with Gasteiger partial charge in [0.25, 0.3) is 5.91 Å². The standard InChI is InChI=1S/C19H13Cl2FN4O/c20-12-4-2-5-13(21)17(12)25-19-23-9-10-26(19)18(27)15-8-7-11-3-1-6-14(22)16(11)24-15/h1-8H,9-10H2,(H,23,25). The minimum Gasteiger partial charge on any atom is -0.323 e. The number of nitrogens with one attached hydrogen (secondary N) is 1. The summed E-state index contributed by atoms with van der Waals surface area (Å²) in [5, 5.41) is 4.47. The smallest absolute Gasteiger partial charge is 0.279 e. The molecule has 1 amide bonds. The Morgan fingerprint density at radius 3 is 2.59 bits per heavy atom. The van der Waals surface area contributed by atoms with Crippen LogP contribution in [0.4, 0.5) is 10.1 Å². The third kappa shape index (κ3) is 3.34. The molecule has 0 atom stereocenters. The van der Waals surface area contributed by atoms with Gasteiger partial charge in [0.1, 0.15) is 17.0 Å². The number of halogens is 3. The number of carbonyl (C=O) groups excluding carboxylic acids is 1. The van der Waals surface area contributed by atoms with E-state index in [9.17, 15) is 9.18 Å². The number of benzene rings is 2. The first-order valence-electron chi connectivity index (χ1n) is 8.17. The second-order valence-electron chi connectivity index (χ2n) is 5.89. The number of nitrogens with zero attached hydrogens (tertiary/aromatic N) is 3. The molecule has 1 aliphatic heterocycles. The molecule has 8 heteroatoms. The number of guanidine groups is 1. The molecule has 0 spiro atoms. The van der Waals surface area contributed by atoms with Gasteiger partial charge in [-0.15, -0.1) is 0 Å². The average Bonchev–Trinajstić information content (AvgIpc) is 3.12. The van der Waals surface area contributed by atoms with Gasteiger partial charge in [0.2, 0.25) is 5.96 Å². The molecule has 1 aromatic heterocycles. The van der Waals surface area contributed by atoms with Gasteiger partial charge in [-0.25, -0.2) is 9.37 Å². The van der Waals surface area contributed by atoms with Crippen molar-refractivity contribution in [1.29, 1.82) is 0 Å². The summed E-state index contributed by atoms with van der Waals surface area (Å²) in [5.74, 6) is -0.532. The molecular weight excluding hydrogens is 390 g/mol. The van der Waals surface area contributed by atoms with Gasteiger partial charge >= 0.3 is 0 Å². The van der Waals surface area contributed by atoms with Gasteiger partial charge in [0.05, 0.1) is 22.3 Å². The predicted molar refractivity (Wildman–Crippen MR) is 105 cm³/mol. The van der Waals surface area contributed by atoms with Crippen molar-refractivity contribution in [2.24, 2.45) is 4.99 Å². The van der Waals surface area contributed by atoms with Crippen molar-refractivity contribution >= 4 is 51.7 Å². The minimum absolute atomic E-state index is 0.134. The summed E-state index contributed by atoms with van der Waals surface area (Å²) in [6, 6.07) is 13.0. The van der Waals surface area contributed by atoms with Crippen molar-refractivity contribution in [2.75, 3.05) is 18.4 Å². The summed E-state index contributed by atoms with van der Waals surface area (Å²) in [5.41, 5.74) is 0.759. The van der Waals surface area contributed by atoms with Gasteiger partial charge in [0.15, 0.2) is 0 Å². The third-order valence-electron chi connectivity index (χ3n) is 4.18. The van der Waals surface area contributed by atoms with Crippen LogP contribution >= 0.6 is 23.2 Å². The second-order valence-corrected chi connectivity index (χ2v) is 6.71. The van der Waals surface area contributed by atoms with Crippen LogP contribution in [0.1, 0.15) is 10.5 Å². The summed E-state index contributed by atoms with van der Waals surface area (Å²) in [4.78, 5) is 22.9. The lowest BCUT2D eigenvalue weighted by Crippen LogP contribution is -2.38. The van der Waals surface area contributed by atoms with Gasteiger partial charge < -0.3 is 5.32 Å². The molecule has 2 heterocycles. The second kappa shape index (κ2) is 7.13. The zero-order valence-corrected chi connectivity index (χ0v) is 15.4. The number of amides is 1. The monoisotopic (exact) mass is 402 g/mol. The van der Waals surface area contributed by atoms with Gasteiger partial charge in [0, 0.05) is 11.9 Å². The first-order valence-corrected chi connectivity index (χ1v) is 8.93. The fourth-order valence-corrected chi connectivity index (χ4v) is 3.34. The Morgan fingerprint density at radius 2 is 1.81 bits per heavy atom. The van der Waals surface area contributed by atoms with Gasteiger partial charge in [-0.05, 0) is 24.3 Å². The molecule has 1 N–H and O–H groups in total. The predicted octanol–water partition coefficient (Wildman–Crippen LogP) is 4.60. The Morgan fingerprint density at radius 1 is 1.07 bits per heavy atom. The summed E-state index contributed by atoms with van der Waals surface area (Å²) in [7, 11) is 0. The van der Waals surface area contributed by atoms with Crippen LogP contribution in [0.3, 0.4) is 0 Å². The molecule has 0 saturated heterocycles. The quantitative estimate of drug-likeness (QED) is 0.680.